The lowest BCUT2D eigenvalue weighted by Crippen LogP contribution is -1.73. The van der Waals surface area contributed by atoms with Gasteiger partial charge in [0.15, 0.2) is 0 Å². The average molecular weight is 193 g/mol. The van der Waals surface area contributed by atoms with Gasteiger partial charge in [-0.2, -0.15) is 0 Å². The van der Waals surface area contributed by atoms with E-state index in [9.17, 15) is 0 Å². The summed E-state index contributed by atoms with van der Waals surface area (Å²) in [5, 5.41) is 5.52. The van der Waals surface area contributed by atoms with Crippen molar-refractivity contribution in [2.24, 2.45) is 5.11 Å². The third kappa shape index (κ3) is 3.32. The molecule has 0 radical (unpaired) electrons. The second kappa shape index (κ2) is 5.41. The molecule has 1 aromatic heterocycles. The highest BCUT2D eigenvalue weighted by molar-refractivity contribution is 7.11. The first-order chi connectivity index (χ1) is 6.34. The van der Waals surface area contributed by atoms with Gasteiger partial charge in [-0.1, -0.05) is 11.2 Å². The van der Waals surface area contributed by atoms with Crippen LogP contribution in [0.3, 0.4) is 0 Å². The van der Waals surface area contributed by atoms with Crippen molar-refractivity contribution < 1.29 is 0 Å². The van der Waals surface area contributed by atoms with Crippen molar-refractivity contribution in [1.29, 1.82) is 0 Å². The van der Waals surface area contributed by atoms with Crippen molar-refractivity contribution in [3.05, 3.63) is 38.4 Å². The highest BCUT2D eigenvalue weighted by Gasteiger charge is 1.92. The fraction of sp³-hybridized carbons (Fsp3) is 0.333. The van der Waals surface area contributed by atoms with Gasteiger partial charge in [-0.3, -0.25) is 0 Å². The molecule has 0 aliphatic heterocycles. The van der Waals surface area contributed by atoms with E-state index < -0.39 is 0 Å². The van der Waals surface area contributed by atoms with Crippen molar-refractivity contribution in [3.63, 3.8) is 0 Å². The van der Waals surface area contributed by atoms with Crippen LogP contribution in [0.1, 0.15) is 16.9 Å². The third-order valence-electron chi connectivity index (χ3n) is 1.63. The Labute approximate surface area is 81.3 Å². The lowest BCUT2D eigenvalue weighted by atomic mass is 10.2. The predicted octanol–water partition coefficient (Wildman–Crippen LogP) is 3.77. The Hall–Kier alpha value is -1.25. The second-order valence-electron chi connectivity index (χ2n) is 2.61. The third-order valence-corrected chi connectivity index (χ3v) is 2.61. The maximum Gasteiger partial charge on any atom is 0.0296 e. The van der Waals surface area contributed by atoms with Crippen LogP contribution in [0.15, 0.2) is 22.6 Å². The number of hydrogen-bond donors (Lipinski definition) is 0. The van der Waals surface area contributed by atoms with Gasteiger partial charge in [-0.25, -0.2) is 0 Å². The molecule has 0 amide bonds. The minimum atomic E-state index is 0.539. The van der Waals surface area contributed by atoms with Crippen LogP contribution in [0.5, 0.6) is 0 Å². The van der Waals surface area contributed by atoms with E-state index in [1.54, 1.807) is 11.3 Å². The first-order valence-electron chi connectivity index (χ1n) is 4.06. The summed E-state index contributed by atoms with van der Waals surface area (Å²) in [6.07, 6.45) is 4.92. The van der Waals surface area contributed by atoms with Crippen LogP contribution in [-0.4, -0.2) is 6.54 Å². The van der Waals surface area contributed by atoms with Gasteiger partial charge in [0.05, 0.1) is 0 Å². The fourth-order valence-corrected chi connectivity index (χ4v) is 1.77. The average Bonchev–Trinajstić information content (AvgIpc) is 2.52. The molecule has 0 atom stereocenters. The number of aryl methyl sites for hydroxylation is 1. The topological polar surface area (TPSA) is 48.8 Å². The quantitative estimate of drug-likeness (QED) is 0.302. The van der Waals surface area contributed by atoms with E-state index in [0.717, 1.165) is 6.42 Å². The van der Waals surface area contributed by atoms with Gasteiger partial charge in [-0.05, 0) is 42.0 Å². The molecule has 13 heavy (non-hydrogen) atoms. The number of azide groups is 1. The fourth-order valence-electron chi connectivity index (χ4n) is 0.923. The Kier molecular flexibility index (Phi) is 4.09. The van der Waals surface area contributed by atoms with Crippen molar-refractivity contribution >= 4 is 17.4 Å². The summed E-state index contributed by atoms with van der Waals surface area (Å²) >= 11 is 1.72. The van der Waals surface area contributed by atoms with E-state index in [2.05, 4.69) is 34.5 Å². The lowest BCUT2D eigenvalue weighted by Gasteiger charge is -1.88. The summed E-state index contributed by atoms with van der Waals surface area (Å²) in [4.78, 5) is 3.96. The largest absolute Gasteiger partial charge is 0.144 e. The second-order valence-corrected chi connectivity index (χ2v) is 3.56. The highest BCUT2D eigenvalue weighted by atomic mass is 32.1. The molecule has 3 nitrogen and oxygen atoms in total. The van der Waals surface area contributed by atoms with E-state index in [1.807, 2.05) is 6.08 Å². The molecule has 0 aliphatic rings. The number of rotatable bonds is 4. The zero-order valence-corrected chi connectivity index (χ0v) is 8.29. The molecule has 0 fully saturated rings. The molecule has 4 heteroatoms. The predicted molar refractivity (Wildman–Crippen MR) is 56.7 cm³/mol. The van der Waals surface area contributed by atoms with Gasteiger partial charge >= 0.3 is 0 Å². The molecule has 0 saturated heterocycles. The molecule has 0 bridgehead atoms. The Morgan fingerprint density at radius 2 is 2.54 bits per heavy atom. The molecule has 0 aliphatic carbocycles. The van der Waals surface area contributed by atoms with Gasteiger partial charge in [0.25, 0.3) is 0 Å². The maximum absolute atomic E-state index is 8.03. The van der Waals surface area contributed by atoms with Crippen LogP contribution in [0.25, 0.3) is 16.5 Å². The number of thiophene rings is 1. The summed E-state index contributed by atoms with van der Waals surface area (Å²) in [5.41, 5.74) is 9.33. The minimum absolute atomic E-state index is 0.539. The maximum atomic E-state index is 8.03. The molecular formula is C9H11N3S. The SMILES string of the molecule is Cc1ccsc1C=CCCN=[N+]=[N-]. The molecule has 0 spiro atoms. The van der Waals surface area contributed by atoms with Crippen molar-refractivity contribution in [3.8, 4) is 0 Å². The summed E-state index contributed by atoms with van der Waals surface area (Å²) < 4.78 is 0. The minimum Gasteiger partial charge on any atom is -0.144 e. The molecule has 1 aromatic rings. The normalized spacial score (nSPS) is 10.2. The first-order valence-corrected chi connectivity index (χ1v) is 4.94. The molecule has 0 aromatic carbocycles. The monoisotopic (exact) mass is 193 g/mol. The van der Waals surface area contributed by atoms with Gasteiger partial charge in [0.2, 0.25) is 0 Å². The van der Waals surface area contributed by atoms with Gasteiger partial charge in [0, 0.05) is 16.3 Å². The number of hydrogen-bond acceptors (Lipinski definition) is 2. The Morgan fingerprint density at radius 1 is 1.69 bits per heavy atom. The van der Waals surface area contributed by atoms with E-state index in [4.69, 9.17) is 5.53 Å². The standard InChI is InChI=1S/C9H11N3S/c1-8-5-7-13-9(8)4-2-3-6-11-12-10/h2,4-5,7H,3,6H2,1H3. The van der Waals surface area contributed by atoms with Gasteiger partial charge in [0.1, 0.15) is 0 Å². The van der Waals surface area contributed by atoms with Crippen molar-refractivity contribution in [1.82, 2.24) is 0 Å². The van der Waals surface area contributed by atoms with Gasteiger partial charge < -0.3 is 0 Å². The van der Waals surface area contributed by atoms with Crippen molar-refractivity contribution in [2.75, 3.05) is 6.54 Å². The molecule has 0 unspecified atom stereocenters. The number of nitrogens with zero attached hydrogens (tertiary/aromatic N) is 3. The molecule has 1 rings (SSSR count). The van der Waals surface area contributed by atoms with Crippen LogP contribution >= 0.6 is 11.3 Å². The molecule has 0 N–H and O–H groups in total. The first kappa shape index (κ1) is 9.84. The summed E-state index contributed by atoms with van der Waals surface area (Å²) in [6, 6.07) is 2.10. The zero-order valence-electron chi connectivity index (χ0n) is 7.47. The van der Waals surface area contributed by atoms with E-state index in [0.29, 0.717) is 6.54 Å². The van der Waals surface area contributed by atoms with Crippen LogP contribution in [0.4, 0.5) is 0 Å². The molecule has 0 saturated carbocycles. The molecule has 1 heterocycles. The van der Waals surface area contributed by atoms with E-state index in [1.165, 1.54) is 10.4 Å². The Bertz CT molecular complexity index is 334. The van der Waals surface area contributed by atoms with Crippen LogP contribution in [0, 0.1) is 6.92 Å². The molecular weight excluding hydrogens is 182 g/mol. The Balaban J connectivity index is 2.40. The van der Waals surface area contributed by atoms with Crippen LogP contribution in [-0.2, 0) is 0 Å². The Morgan fingerprint density at radius 3 is 3.15 bits per heavy atom. The summed E-state index contributed by atoms with van der Waals surface area (Å²) in [7, 11) is 0. The van der Waals surface area contributed by atoms with Crippen molar-refractivity contribution in [2.45, 2.75) is 13.3 Å². The highest BCUT2D eigenvalue weighted by Crippen LogP contribution is 2.17. The van der Waals surface area contributed by atoms with E-state index >= 15 is 0 Å². The lowest BCUT2D eigenvalue weighted by molar-refractivity contribution is 0.996. The van der Waals surface area contributed by atoms with E-state index in [-0.39, 0.29) is 0 Å². The zero-order chi connectivity index (χ0) is 9.52. The smallest absolute Gasteiger partial charge is 0.0296 e. The molecule has 68 valence electrons. The summed E-state index contributed by atoms with van der Waals surface area (Å²) in [5.74, 6) is 0. The summed E-state index contributed by atoms with van der Waals surface area (Å²) in [6.45, 7) is 2.63. The van der Waals surface area contributed by atoms with Gasteiger partial charge in [-0.15, -0.1) is 11.3 Å². The van der Waals surface area contributed by atoms with Crippen LogP contribution < -0.4 is 0 Å². The van der Waals surface area contributed by atoms with Crippen LogP contribution in [0.2, 0.25) is 0 Å².